The van der Waals surface area contributed by atoms with Gasteiger partial charge in [0.2, 0.25) is 0 Å². The number of morpholine rings is 1. The molecular formula is C20H22N4O2. The molecule has 1 aliphatic heterocycles. The van der Waals surface area contributed by atoms with E-state index in [4.69, 9.17) is 10.5 Å². The van der Waals surface area contributed by atoms with E-state index < -0.39 is 0 Å². The minimum absolute atomic E-state index is 0.119. The minimum Gasteiger partial charge on any atom is -0.398 e. The molecule has 3 aromatic rings. The molecule has 26 heavy (non-hydrogen) atoms. The zero-order valence-electron chi connectivity index (χ0n) is 14.6. The number of benzene rings is 2. The summed E-state index contributed by atoms with van der Waals surface area (Å²) in [4.78, 5) is 19.7. The van der Waals surface area contributed by atoms with Crippen molar-refractivity contribution in [1.82, 2.24) is 15.2 Å². The van der Waals surface area contributed by atoms with Crippen LogP contribution in [0.3, 0.4) is 0 Å². The molecule has 1 fully saturated rings. The van der Waals surface area contributed by atoms with Gasteiger partial charge in [-0.2, -0.15) is 0 Å². The van der Waals surface area contributed by atoms with Crippen molar-refractivity contribution in [3.05, 3.63) is 48.0 Å². The number of nitrogens with zero attached hydrogens (tertiary/aromatic N) is 2. The fraction of sp³-hybridized carbons (Fsp3) is 0.300. The first-order valence-electron chi connectivity index (χ1n) is 8.89. The maximum Gasteiger partial charge on any atom is 0.253 e. The molecule has 0 aliphatic carbocycles. The smallest absolute Gasteiger partial charge is 0.253 e. The van der Waals surface area contributed by atoms with Crippen molar-refractivity contribution >= 4 is 33.4 Å². The number of ether oxygens (including phenoxy) is 1. The van der Waals surface area contributed by atoms with Crippen molar-refractivity contribution in [2.45, 2.75) is 0 Å². The predicted octanol–water partition coefficient (Wildman–Crippen LogP) is 2.03. The molecule has 2 heterocycles. The first-order chi connectivity index (χ1) is 12.7. The lowest BCUT2D eigenvalue weighted by molar-refractivity contribution is 0.0383. The van der Waals surface area contributed by atoms with Crippen LogP contribution < -0.4 is 11.1 Å². The normalized spacial score (nSPS) is 15.4. The molecule has 1 aromatic heterocycles. The molecule has 1 amide bonds. The van der Waals surface area contributed by atoms with Crippen LogP contribution in [0.4, 0.5) is 5.69 Å². The Morgan fingerprint density at radius 2 is 1.88 bits per heavy atom. The summed E-state index contributed by atoms with van der Waals surface area (Å²) >= 11 is 0. The third-order valence-electron chi connectivity index (χ3n) is 4.81. The number of carbonyl (C=O) groups is 1. The summed E-state index contributed by atoms with van der Waals surface area (Å²) in [5.74, 6) is -0.119. The number of para-hydroxylation sites is 2. The van der Waals surface area contributed by atoms with Crippen LogP contribution in [0.5, 0.6) is 0 Å². The van der Waals surface area contributed by atoms with Gasteiger partial charge in [0.25, 0.3) is 5.91 Å². The van der Waals surface area contributed by atoms with Gasteiger partial charge in [-0.25, -0.2) is 4.98 Å². The summed E-state index contributed by atoms with van der Waals surface area (Å²) in [5.41, 5.74) is 8.99. The van der Waals surface area contributed by atoms with E-state index in [-0.39, 0.29) is 5.91 Å². The maximum atomic E-state index is 12.7. The molecule has 0 saturated carbocycles. The van der Waals surface area contributed by atoms with E-state index in [2.05, 4.69) is 15.2 Å². The molecule has 1 aliphatic rings. The Morgan fingerprint density at radius 3 is 2.73 bits per heavy atom. The largest absolute Gasteiger partial charge is 0.398 e. The quantitative estimate of drug-likeness (QED) is 0.704. The van der Waals surface area contributed by atoms with Crippen molar-refractivity contribution in [3.8, 4) is 0 Å². The molecule has 6 nitrogen and oxygen atoms in total. The molecular weight excluding hydrogens is 328 g/mol. The number of nitrogen functional groups attached to an aromatic ring is 1. The second kappa shape index (κ2) is 7.27. The molecule has 134 valence electrons. The van der Waals surface area contributed by atoms with E-state index in [0.29, 0.717) is 23.3 Å². The van der Waals surface area contributed by atoms with Crippen LogP contribution in [-0.4, -0.2) is 55.2 Å². The van der Waals surface area contributed by atoms with Gasteiger partial charge in [-0.3, -0.25) is 9.69 Å². The number of aromatic nitrogens is 1. The zero-order valence-corrected chi connectivity index (χ0v) is 14.6. The number of anilines is 1. The monoisotopic (exact) mass is 350 g/mol. The molecule has 4 rings (SSSR count). The van der Waals surface area contributed by atoms with Gasteiger partial charge in [0, 0.05) is 37.0 Å². The van der Waals surface area contributed by atoms with E-state index in [1.165, 1.54) is 0 Å². The Kier molecular flexibility index (Phi) is 4.69. The standard InChI is InChI=1S/C20H22N4O2/c21-18-14-4-1-2-7-17(14)23-19-15(18)5-3-6-16(19)20(25)22-8-9-24-10-12-26-13-11-24/h1-7H,8-13H2,(H2,21,23)(H,22,25). The van der Waals surface area contributed by atoms with E-state index in [0.717, 1.165) is 49.1 Å². The third kappa shape index (κ3) is 3.21. The number of pyridine rings is 1. The minimum atomic E-state index is -0.119. The van der Waals surface area contributed by atoms with Gasteiger partial charge in [-0.05, 0) is 12.1 Å². The first-order valence-corrected chi connectivity index (χ1v) is 8.89. The molecule has 0 atom stereocenters. The Morgan fingerprint density at radius 1 is 1.12 bits per heavy atom. The van der Waals surface area contributed by atoms with Gasteiger partial charge in [0.15, 0.2) is 0 Å². The lowest BCUT2D eigenvalue weighted by Crippen LogP contribution is -2.41. The fourth-order valence-electron chi connectivity index (χ4n) is 3.38. The van der Waals surface area contributed by atoms with Crippen LogP contribution in [0.2, 0.25) is 0 Å². The van der Waals surface area contributed by atoms with Gasteiger partial charge in [-0.1, -0.05) is 30.3 Å². The van der Waals surface area contributed by atoms with Crippen molar-refractivity contribution in [3.63, 3.8) is 0 Å². The topological polar surface area (TPSA) is 80.5 Å². The molecule has 3 N–H and O–H groups in total. The lowest BCUT2D eigenvalue weighted by atomic mass is 10.0. The molecule has 0 radical (unpaired) electrons. The maximum absolute atomic E-state index is 12.7. The van der Waals surface area contributed by atoms with Gasteiger partial charge >= 0.3 is 0 Å². The molecule has 0 spiro atoms. The SMILES string of the molecule is Nc1c2ccccc2nc2c(C(=O)NCCN3CCOCC3)cccc12. The summed E-state index contributed by atoms with van der Waals surface area (Å²) in [5, 5.41) is 4.72. The Hall–Kier alpha value is -2.70. The Balaban J connectivity index is 1.58. The lowest BCUT2D eigenvalue weighted by Gasteiger charge is -2.26. The molecule has 6 heteroatoms. The van der Waals surface area contributed by atoms with Crippen molar-refractivity contribution in [1.29, 1.82) is 0 Å². The highest BCUT2D eigenvalue weighted by atomic mass is 16.5. The van der Waals surface area contributed by atoms with E-state index >= 15 is 0 Å². The van der Waals surface area contributed by atoms with Crippen LogP contribution in [0.1, 0.15) is 10.4 Å². The second-order valence-electron chi connectivity index (χ2n) is 6.45. The van der Waals surface area contributed by atoms with Gasteiger partial charge in [-0.15, -0.1) is 0 Å². The van der Waals surface area contributed by atoms with Crippen LogP contribution >= 0.6 is 0 Å². The first kappa shape index (κ1) is 16.8. The number of rotatable bonds is 4. The van der Waals surface area contributed by atoms with Gasteiger partial charge in [0.05, 0.1) is 35.5 Å². The third-order valence-corrected chi connectivity index (χ3v) is 4.81. The number of nitrogens with two attached hydrogens (primary N) is 1. The van der Waals surface area contributed by atoms with Crippen molar-refractivity contribution in [2.75, 3.05) is 45.1 Å². The summed E-state index contributed by atoms with van der Waals surface area (Å²) in [6.07, 6.45) is 0. The Labute approximate surface area is 151 Å². The number of nitrogens with one attached hydrogen (secondary N) is 1. The highest BCUT2D eigenvalue weighted by Crippen LogP contribution is 2.29. The Bertz CT molecular complexity index is 951. The number of fused-ring (bicyclic) bond motifs is 2. The average Bonchev–Trinajstić information content (AvgIpc) is 2.68. The summed E-state index contributed by atoms with van der Waals surface area (Å²) in [6, 6.07) is 13.3. The van der Waals surface area contributed by atoms with Gasteiger partial charge < -0.3 is 15.8 Å². The molecule has 1 saturated heterocycles. The summed E-state index contributed by atoms with van der Waals surface area (Å²) < 4.78 is 5.34. The zero-order chi connectivity index (χ0) is 17.9. The van der Waals surface area contributed by atoms with Crippen LogP contribution in [-0.2, 0) is 4.74 Å². The number of hydrogen-bond donors (Lipinski definition) is 2. The average molecular weight is 350 g/mol. The van der Waals surface area contributed by atoms with E-state index in [1.807, 2.05) is 36.4 Å². The molecule has 0 unspecified atom stereocenters. The summed E-state index contributed by atoms with van der Waals surface area (Å²) in [7, 11) is 0. The fourth-order valence-corrected chi connectivity index (χ4v) is 3.38. The second-order valence-corrected chi connectivity index (χ2v) is 6.45. The summed E-state index contributed by atoms with van der Waals surface area (Å²) in [6.45, 7) is 4.75. The number of amides is 1. The molecule has 2 aromatic carbocycles. The van der Waals surface area contributed by atoms with E-state index in [9.17, 15) is 4.79 Å². The van der Waals surface area contributed by atoms with Crippen molar-refractivity contribution < 1.29 is 9.53 Å². The van der Waals surface area contributed by atoms with Crippen LogP contribution in [0.25, 0.3) is 21.8 Å². The highest BCUT2D eigenvalue weighted by Gasteiger charge is 2.15. The van der Waals surface area contributed by atoms with Crippen LogP contribution in [0, 0.1) is 0 Å². The highest BCUT2D eigenvalue weighted by molar-refractivity contribution is 6.13. The number of carbonyl (C=O) groups excluding carboxylic acids is 1. The molecule has 0 bridgehead atoms. The predicted molar refractivity (Wildman–Crippen MR) is 103 cm³/mol. The van der Waals surface area contributed by atoms with Gasteiger partial charge in [0.1, 0.15) is 0 Å². The number of hydrogen-bond acceptors (Lipinski definition) is 5. The van der Waals surface area contributed by atoms with E-state index in [1.54, 1.807) is 6.07 Å². The van der Waals surface area contributed by atoms with Crippen molar-refractivity contribution in [2.24, 2.45) is 0 Å². The van der Waals surface area contributed by atoms with Crippen LogP contribution in [0.15, 0.2) is 42.5 Å².